The van der Waals surface area contributed by atoms with Crippen LogP contribution in [0.2, 0.25) is 0 Å². The Labute approximate surface area is 693 Å². The van der Waals surface area contributed by atoms with E-state index in [1.807, 2.05) is 0 Å². The van der Waals surface area contributed by atoms with E-state index in [0.29, 0.717) is 0 Å². The number of hydrogen-bond acceptors (Lipinski definition) is 36. The monoisotopic (exact) mass is 1540 g/mol. The van der Waals surface area contributed by atoms with Gasteiger partial charge in [-0.15, -0.1) is 24.0 Å². The van der Waals surface area contributed by atoms with Crippen molar-refractivity contribution in [3.05, 3.63) is 140 Å². The van der Waals surface area contributed by atoms with Crippen LogP contribution in [-0.4, -0.2) is 108 Å². The third-order valence-corrected chi connectivity index (χ3v) is 20.0. The molecule has 9 rings (SSSR count). The summed E-state index contributed by atoms with van der Waals surface area (Å²) in [7, 11) is -29.0. The molecule has 0 amide bonds. The predicted octanol–water partition coefficient (Wildman–Crippen LogP) is -11.8. The molecule has 34 nitrogen and oxygen atoms in total. The Morgan fingerprint density at radius 1 is 0.392 bits per heavy atom. The third kappa shape index (κ3) is 23.8. The molecule has 0 aliphatic rings. The van der Waals surface area contributed by atoms with E-state index in [2.05, 4.69) is 70.1 Å². The average molecular weight is 1540 g/mol. The second-order valence-electron chi connectivity index (χ2n) is 18.1. The van der Waals surface area contributed by atoms with Crippen LogP contribution in [-0.2, 0) is 87.3 Å². The van der Waals surface area contributed by atoms with Crippen LogP contribution < -0.4 is 204 Å². The second kappa shape index (κ2) is 38.7. The molecule has 97 heavy (non-hydrogen) atoms. The number of azo groups is 2. The fourth-order valence-electron chi connectivity index (χ4n) is 8.46. The van der Waals surface area contributed by atoms with Gasteiger partial charge in [0.05, 0.1) is 82.5 Å². The van der Waals surface area contributed by atoms with E-state index in [-0.39, 0.29) is 285 Å². The molecule has 48 heteroatoms. The number of hydrogen-bond donors (Lipinski definition) is 3. The fourth-order valence-corrected chi connectivity index (χ4v) is 13.9. The molecular weight excluding hydrogens is 1510 g/mol. The number of sulfone groups is 2. The van der Waals surface area contributed by atoms with Crippen molar-refractivity contribution in [1.82, 2.24) is 15.0 Å². The van der Waals surface area contributed by atoms with Crippen LogP contribution in [0.15, 0.2) is 189 Å². The van der Waals surface area contributed by atoms with Crippen molar-refractivity contribution < 1.29 is 284 Å². The van der Waals surface area contributed by atoms with Crippen molar-refractivity contribution in [1.29, 1.82) is 0 Å². The van der Waals surface area contributed by atoms with E-state index < -0.39 is 121 Å². The maximum absolute atomic E-state index is 13.0. The first-order chi connectivity index (χ1) is 43.0. The minimum Gasteiger partial charge on any atom is -0.744 e. The number of fused-ring (bicyclic) bond motifs is 3. The van der Waals surface area contributed by atoms with E-state index in [1.54, 1.807) is 0 Å². The average Bonchev–Trinajstić information content (AvgIpc) is 0.770. The minimum absolute atomic E-state index is 0. The number of benzene rings is 8. The third-order valence-electron chi connectivity index (χ3n) is 12.4. The predicted molar refractivity (Wildman–Crippen MR) is 310 cm³/mol. The maximum atomic E-state index is 13.0. The summed E-state index contributed by atoms with van der Waals surface area (Å²) in [6.45, 7) is -0.801. The first-order valence-electron chi connectivity index (χ1n) is 24.6. The summed E-state index contributed by atoms with van der Waals surface area (Å²) in [6.07, 6.45) is 0. The van der Waals surface area contributed by atoms with Crippen molar-refractivity contribution >= 4 is 175 Å². The Kier molecular flexibility index (Phi) is 35.6. The van der Waals surface area contributed by atoms with Crippen molar-refractivity contribution in [3.8, 4) is 0 Å². The van der Waals surface area contributed by atoms with Gasteiger partial charge in [0.1, 0.15) is 40.5 Å². The van der Waals surface area contributed by atoms with Crippen molar-refractivity contribution in [2.45, 2.75) is 29.4 Å². The molecule has 1 heterocycles. The summed E-state index contributed by atoms with van der Waals surface area (Å²) in [5.74, 6) is -1.94. The summed E-state index contributed by atoms with van der Waals surface area (Å²) in [5.41, 5.74) is -0.590. The van der Waals surface area contributed by atoms with E-state index in [4.69, 9.17) is 8.37 Å². The SMILES string of the molecule is O=S(=O)([O-])c1ccc2c(N=Nc3cc(S(=O)(=O)[O-])c4cccc(S(=O)(=O)[O-])c4c3)ccc(N=Nc3ccc(Nc4nc(Nc5ccc(S(=O)(=O)CCOSOO[O-])cc5)nc(Nc5ccc(S(=O)(=O)CCOSOO[O-])cc5)n4)c4c(S(=O)(=O)[O-])cccc34)c2c1.[Na+].[Na+].[Na+].[Na+].[Na+].[Na+]. The van der Waals surface area contributed by atoms with Crippen molar-refractivity contribution in [2.24, 2.45) is 20.5 Å². The van der Waals surface area contributed by atoms with Gasteiger partial charge in [-0.2, -0.15) is 20.1 Å². The van der Waals surface area contributed by atoms with Crippen LogP contribution in [0.3, 0.4) is 0 Å². The fraction of sp³-hybridized carbons (Fsp3) is 0.0816. The topological polar surface area (TPSA) is 523 Å². The maximum Gasteiger partial charge on any atom is 1.00 e. The Morgan fingerprint density at radius 2 is 0.814 bits per heavy atom. The molecular formula is C49H34N10Na6O24S8. The van der Waals surface area contributed by atoms with Gasteiger partial charge in [-0.25, -0.2) is 50.5 Å². The van der Waals surface area contributed by atoms with E-state index >= 15 is 0 Å². The van der Waals surface area contributed by atoms with Crippen LogP contribution in [0.1, 0.15) is 0 Å². The summed E-state index contributed by atoms with van der Waals surface area (Å²) < 4.78 is 219. The molecule has 0 unspecified atom stereocenters. The van der Waals surface area contributed by atoms with Gasteiger partial charge in [0.15, 0.2) is 44.3 Å². The Bertz CT molecular complexity index is 4990. The molecule has 0 aliphatic heterocycles. The zero-order chi connectivity index (χ0) is 65.5. The largest absolute Gasteiger partial charge is 1.00 e. The normalized spacial score (nSPS) is 12.0. The van der Waals surface area contributed by atoms with Gasteiger partial charge < -0.3 is 44.7 Å². The second-order valence-corrected chi connectivity index (χ2v) is 28.7. The Hall–Kier alpha value is -1.93. The molecule has 0 spiro atoms. The Morgan fingerprint density at radius 3 is 1.29 bits per heavy atom. The van der Waals surface area contributed by atoms with E-state index in [9.17, 15) is 79.2 Å². The number of nitrogens with one attached hydrogen (secondary N) is 3. The van der Waals surface area contributed by atoms with Gasteiger partial charge in [0, 0.05) is 43.7 Å². The number of anilines is 6. The van der Waals surface area contributed by atoms with Gasteiger partial charge in [-0.05, 0) is 109 Å². The first-order valence-corrected chi connectivity index (χ1v) is 34.9. The van der Waals surface area contributed by atoms with E-state index in [1.165, 1.54) is 84.9 Å². The number of nitrogens with zero attached hydrogens (tertiary/aromatic N) is 7. The first kappa shape index (κ1) is 89.3. The Balaban J connectivity index is 0.00000408. The number of rotatable bonds is 28. The molecule has 0 aliphatic carbocycles. The molecule has 8 aromatic carbocycles. The van der Waals surface area contributed by atoms with Crippen LogP contribution in [0, 0.1) is 0 Å². The standard InChI is InChI=1S/C49H40N10O24S8.6Na/c60-80-82-84-78-21-23-86(62,63)31-11-7-28(8-12-31)50-47-53-48(51-29-9-13-32(14-10-29)87(64,65)24-22-79-85-83-81-61)55-49(54-47)52-42-20-19-40(36-4-2-6-44(46(36)42)90(72,73)74)58-59-41-18-17-39(34-16-15-33(27-37(34)41)88(66,67)68)57-56-30-25-38-35(45(26-30)91(75,76)77)3-1-5-43(38)89(69,70)71;;;;;;/h1-20,25-27,60-61H,21-24H2,(H,66,67,68)(H,69,70,71)(H,72,73,74)(H,75,76,77)(H3,50,51,52,53,54,55);;;;;;/q;6*+1/p-6. The van der Waals surface area contributed by atoms with Crippen LogP contribution in [0.5, 0.6) is 0 Å². The quantitative estimate of drug-likeness (QED) is 0.00779. The van der Waals surface area contributed by atoms with Crippen LogP contribution >= 0.6 is 24.6 Å². The molecule has 478 valence electrons. The smallest absolute Gasteiger partial charge is 0.744 e. The van der Waals surface area contributed by atoms with E-state index in [0.717, 1.165) is 54.6 Å². The van der Waals surface area contributed by atoms with Gasteiger partial charge in [0.2, 0.25) is 17.8 Å². The molecule has 1 aromatic heterocycles. The van der Waals surface area contributed by atoms with Gasteiger partial charge in [0.25, 0.3) is 0 Å². The molecule has 0 saturated heterocycles. The number of aromatic nitrogens is 3. The molecule has 0 radical (unpaired) electrons. The summed E-state index contributed by atoms with van der Waals surface area (Å²) in [5, 5.41) is 50.3. The molecule has 0 atom stereocenters. The van der Waals surface area contributed by atoms with Crippen LogP contribution in [0.4, 0.5) is 57.7 Å². The molecule has 0 bridgehead atoms. The molecule has 9 aromatic rings. The molecule has 0 fully saturated rings. The van der Waals surface area contributed by atoms with Gasteiger partial charge >= 0.3 is 177 Å². The summed E-state index contributed by atoms with van der Waals surface area (Å²) in [6, 6.07) is 26.7. The molecule has 3 N–H and O–H groups in total. The van der Waals surface area contributed by atoms with Crippen molar-refractivity contribution in [2.75, 3.05) is 40.7 Å². The van der Waals surface area contributed by atoms with Gasteiger partial charge in [-0.1, -0.05) is 30.3 Å². The zero-order valence-electron chi connectivity index (χ0n) is 50.8. The molecule has 0 saturated carbocycles. The summed E-state index contributed by atoms with van der Waals surface area (Å²) in [4.78, 5) is 9.53. The minimum atomic E-state index is -5.36. The van der Waals surface area contributed by atoms with Gasteiger partial charge in [-0.3, -0.25) is 18.4 Å². The summed E-state index contributed by atoms with van der Waals surface area (Å²) >= 11 is 0.244. The zero-order valence-corrected chi connectivity index (χ0v) is 69.3. The van der Waals surface area contributed by atoms with Crippen molar-refractivity contribution in [3.63, 3.8) is 0 Å². The van der Waals surface area contributed by atoms with Crippen LogP contribution in [0.25, 0.3) is 32.3 Å².